The maximum Gasteiger partial charge on any atom is 0.414 e. The van der Waals surface area contributed by atoms with Crippen molar-refractivity contribution < 1.29 is 29.3 Å². The monoisotopic (exact) mass is 341 g/mol. The van der Waals surface area contributed by atoms with E-state index in [1.54, 1.807) is 0 Å². The number of unbranched alkanes of at least 4 members (excludes halogenated alkanes) is 1. The number of hydrogen-bond donors (Lipinski definition) is 2. The van der Waals surface area contributed by atoms with Gasteiger partial charge in [-0.25, -0.2) is 9.59 Å². The molecule has 136 valence electrons. The minimum atomic E-state index is -1.82. The number of hydrogen-bond acceptors (Lipinski definition) is 5. The third-order valence-electron chi connectivity index (χ3n) is 2.96. The van der Waals surface area contributed by atoms with Crippen LogP contribution in [-0.2, 0) is 9.59 Å². The van der Waals surface area contributed by atoms with E-state index in [-0.39, 0.29) is 0 Å². The van der Waals surface area contributed by atoms with Gasteiger partial charge in [-0.15, -0.1) is 0 Å². The summed E-state index contributed by atoms with van der Waals surface area (Å²) in [4.78, 5) is 20.5. The average Bonchev–Trinajstić information content (AvgIpc) is 2.55. The highest BCUT2D eigenvalue weighted by atomic mass is 16.5. The van der Waals surface area contributed by atoms with E-state index in [9.17, 15) is 0 Å². The fourth-order valence-corrected chi connectivity index (χ4v) is 1.70. The van der Waals surface area contributed by atoms with Crippen LogP contribution >= 0.6 is 0 Å². The number of carboxylic acids is 2. The number of para-hydroxylation sites is 2. The van der Waals surface area contributed by atoms with Gasteiger partial charge in [0.1, 0.15) is 6.61 Å². The average molecular weight is 341 g/mol. The molecular formula is C17H27NO6. The molecule has 0 amide bonds. The molecule has 0 spiro atoms. The summed E-state index contributed by atoms with van der Waals surface area (Å²) in [5.74, 6) is -1.98. The van der Waals surface area contributed by atoms with Crippen LogP contribution in [0.3, 0.4) is 0 Å². The van der Waals surface area contributed by atoms with Crippen molar-refractivity contribution in [2.75, 3.05) is 33.4 Å². The first-order valence-electron chi connectivity index (χ1n) is 7.91. The summed E-state index contributed by atoms with van der Waals surface area (Å²) >= 11 is 0. The highest BCUT2D eigenvalue weighted by Gasteiger charge is 2.04. The zero-order chi connectivity index (χ0) is 18.4. The predicted molar refractivity (Wildman–Crippen MR) is 90.8 cm³/mol. The number of ether oxygens (including phenoxy) is 2. The van der Waals surface area contributed by atoms with Crippen molar-refractivity contribution in [3.05, 3.63) is 24.3 Å². The van der Waals surface area contributed by atoms with Crippen LogP contribution in [0.25, 0.3) is 0 Å². The minimum absolute atomic E-state index is 0.663. The predicted octanol–water partition coefficient (Wildman–Crippen LogP) is 2.35. The molecule has 1 rings (SSSR count). The third-order valence-corrected chi connectivity index (χ3v) is 2.96. The van der Waals surface area contributed by atoms with Crippen LogP contribution in [0.15, 0.2) is 24.3 Å². The van der Waals surface area contributed by atoms with E-state index < -0.39 is 11.9 Å². The van der Waals surface area contributed by atoms with Crippen LogP contribution in [0.5, 0.6) is 11.5 Å². The topological polar surface area (TPSA) is 96.3 Å². The maximum absolute atomic E-state index is 9.10. The zero-order valence-electron chi connectivity index (χ0n) is 14.5. The van der Waals surface area contributed by atoms with Crippen LogP contribution in [0.2, 0.25) is 0 Å². The lowest BCUT2D eigenvalue weighted by Gasteiger charge is -2.17. The summed E-state index contributed by atoms with van der Waals surface area (Å²) in [5.41, 5.74) is 0. The van der Waals surface area contributed by atoms with Gasteiger partial charge in [0, 0.05) is 6.54 Å². The van der Waals surface area contributed by atoms with Crippen molar-refractivity contribution in [1.82, 2.24) is 4.90 Å². The molecular weight excluding hydrogens is 314 g/mol. The minimum Gasteiger partial charge on any atom is -0.490 e. The molecule has 0 bridgehead atoms. The first-order valence-corrected chi connectivity index (χ1v) is 7.91. The highest BCUT2D eigenvalue weighted by molar-refractivity contribution is 6.27. The molecule has 0 aliphatic carbocycles. The molecule has 0 saturated carbocycles. The summed E-state index contributed by atoms with van der Waals surface area (Å²) in [6, 6.07) is 7.83. The van der Waals surface area contributed by atoms with Gasteiger partial charge in [-0.3, -0.25) is 0 Å². The molecule has 1 aromatic carbocycles. The molecule has 1 aromatic rings. The van der Waals surface area contributed by atoms with Gasteiger partial charge in [-0.05, 0) is 39.1 Å². The van der Waals surface area contributed by atoms with Crippen LogP contribution in [0.1, 0.15) is 26.7 Å². The smallest absolute Gasteiger partial charge is 0.414 e. The van der Waals surface area contributed by atoms with Crippen LogP contribution < -0.4 is 9.47 Å². The molecule has 0 aliphatic heterocycles. The van der Waals surface area contributed by atoms with E-state index in [0.717, 1.165) is 24.6 Å². The summed E-state index contributed by atoms with van der Waals surface area (Å²) < 4.78 is 11.3. The summed E-state index contributed by atoms with van der Waals surface area (Å²) in [7, 11) is 2.13. The number of likely N-dealkylation sites (N-methyl/N-ethyl adjacent to an activating group) is 1. The first-order chi connectivity index (χ1) is 11.4. The quantitative estimate of drug-likeness (QED) is 0.666. The SMILES string of the molecule is CCCCN(C)CCOc1ccccc1OCC.O=C(O)C(=O)O. The number of benzene rings is 1. The van der Waals surface area contributed by atoms with Gasteiger partial charge in [0.25, 0.3) is 0 Å². The first kappa shape index (κ1) is 21.7. The van der Waals surface area contributed by atoms with Gasteiger partial charge in [0.2, 0.25) is 0 Å². The third kappa shape index (κ3) is 10.4. The van der Waals surface area contributed by atoms with E-state index in [1.165, 1.54) is 12.8 Å². The lowest BCUT2D eigenvalue weighted by molar-refractivity contribution is -0.159. The highest BCUT2D eigenvalue weighted by Crippen LogP contribution is 2.26. The van der Waals surface area contributed by atoms with Gasteiger partial charge in [0.15, 0.2) is 11.5 Å². The summed E-state index contributed by atoms with van der Waals surface area (Å²) in [6.45, 7) is 7.63. The second-order valence-electron chi connectivity index (χ2n) is 5.00. The summed E-state index contributed by atoms with van der Waals surface area (Å²) in [5, 5.41) is 14.8. The largest absolute Gasteiger partial charge is 0.490 e. The molecule has 2 N–H and O–H groups in total. The molecule has 0 radical (unpaired) electrons. The molecule has 0 fully saturated rings. The molecule has 0 saturated heterocycles. The van der Waals surface area contributed by atoms with Crippen LogP contribution in [-0.4, -0.2) is 60.4 Å². The normalized spacial score (nSPS) is 9.83. The molecule has 0 atom stereocenters. The number of nitrogens with zero attached hydrogens (tertiary/aromatic N) is 1. The van der Waals surface area contributed by atoms with E-state index in [0.29, 0.717) is 13.2 Å². The number of carboxylic acid groups (broad SMARTS) is 2. The van der Waals surface area contributed by atoms with E-state index in [4.69, 9.17) is 29.3 Å². The molecule has 24 heavy (non-hydrogen) atoms. The lowest BCUT2D eigenvalue weighted by Crippen LogP contribution is -2.25. The number of aliphatic carboxylic acids is 2. The van der Waals surface area contributed by atoms with Gasteiger partial charge in [-0.2, -0.15) is 0 Å². The van der Waals surface area contributed by atoms with Crippen LogP contribution in [0.4, 0.5) is 0 Å². The van der Waals surface area contributed by atoms with Crippen molar-refractivity contribution in [3.8, 4) is 11.5 Å². The van der Waals surface area contributed by atoms with Crippen molar-refractivity contribution in [2.45, 2.75) is 26.7 Å². The Balaban J connectivity index is 0.000000754. The van der Waals surface area contributed by atoms with Crippen molar-refractivity contribution in [3.63, 3.8) is 0 Å². The maximum atomic E-state index is 9.10. The Hall–Kier alpha value is -2.28. The van der Waals surface area contributed by atoms with E-state index >= 15 is 0 Å². The van der Waals surface area contributed by atoms with Crippen molar-refractivity contribution >= 4 is 11.9 Å². The molecule has 0 aromatic heterocycles. The van der Waals surface area contributed by atoms with Gasteiger partial charge in [-0.1, -0.05) is 25.5 Å². The van der Waals surface area contributed by atoms with E-state index in [1.807, 2.05) is 31.2 Å². The fraction of sp³-hybridized carbons (Fsp3) is 0.529. The zero-order valence-corrected chi connectivity index (χ0v) is 14.5. The second-order valence-corrected chi connectivity index (χ2v) is 5.00. The Labute approximate surface area is 142 Å². The Morgan fingerprint density at radius 3 is 2.00 bits per heavy atom. The van der Waals surface area contributed by atoms with Crippen molar-refractivity contribution in [1.29, 1.82) is 0 Å². The van der Waals surface area contributed by atoms with Gasteiger partial charge < -0.3 is 24.6 Å². The molecule has 0 aliphatic rings. The lowest BCUT2D eigenvalue weighted by atomic mass is 10.3. The Morgan fingerprint density at radius 1 is 1.00 bits per heavy atom. The molecule has 0 unspecified atom stereocenters. The van der Waals surface area contributed by atoms with Crippen molar-refractivity contribution in [2.24, 2.45) is 0 Å². The fourth-order valence-electron chi connectivity index (χ4n) is 1.70. The Bertz CT molecular complexity index is 480. The van der Waals surface area contributed by atoms with Crippen LogP contribution in [0, 0.1) is 0 Å². The van der Waals surface area contributed by atoms with E-state index in [2.05, 4.69) is 18.9 Å². The number of carbonyl (C=O) groups is 2. The Kier molecular flexibility index (Phi) is 11.9. The number of rotatable bonds is 9. The summed E-state index contributed by atoms with van der Waals surface area (Å²) in [6.07, 6.45) is 2.48. The molecule has 0 heterocycles. The van der Waals surface area contributed by atoms with Gasteiger partial charge in [0.05, 0.1) is 6.61 Å². The second kappa shape index (κ2) is 13.2. The molecule has 7 nitrogen and oxygen atoms in total. The molecule has 7 heteroatoms. The standard InChI is InChI=1S/C15H25NO2.C2H2O4/c1-4-6-11-16(3)12-13-18-15-10-8-7-9-14(15)17-5-2;3-1(4)2(5)6/h7-10H,4-6,11-13H2,1-3H3;(H,3,4)(H,5,6). The Morgan fingerprint density at radius 2 is 1.54 bits per heavy atom. The van der Waals surface area contributed by atoms with Gasteiger partial charge >= 0.3 is 11.9 Å².